The molecular weight excluding hydrogens is 200 g/mol. The Morgan fingerprint density at radius 2 is 1.57 bits per heavy atom. The van der Waals surface area contributed by atoms with Crippen molar-refractivity contribution in [2.24, 2.45) is 0 Å². The van der Waals surface area contributed by atoms with Crippen LogP contribution in [0.25, 0.3) is 0 Å². The first-order valence-corrected chi connectivity index (χ1v) is 6.68. The molecule has 0 unspecified atom stereocenters. The zero-order chi connectivity index (χ0) is 11.4. The highest BCUT2D eigenvalue weighted by molar-refractivity contribution is 6.42. The van der Waals surface area contributed by atoms with Gasteiger partial charge in [0.05, 0.1) is 0 Å². The van der Waals surface area contributed by atoms with Crippen molar-refractivity contribution in [3.8, 4) is 0 Å². The quantitative estimate of drug-likeness (QED) is 0.609. The lowest BCUT2D eigenvalue weighted by atomic mass is 10.3. The standard InChI is InChI=1S/C5H10OSi.C2H4O2.C2H6O/c6-7-4-2-1-3-5-7;1-2(3)4;1-2-3/h1-5H2;1H3,(H,3,4);3H,2H2,1H3. The summed E-state index contributed by atoms with van der Waals surface area (Å²) in [6.07, 6.45) is 3.76. The summed E-state index contributed by atoms with van der Waals surface area (Å²) in [6, 6.07) is 2.06. The molecule has 4 nitrogen and oxygen atoms in total. The first kappa shape index (κ1) is 15.9. The zero-order valence-electron chi connectivity index (χ0n) is 8.95. The molecule has 0 aliphatic carbocycles. The van der Waals surface area contributed by atoms with Gasteiger partial charge in [-0.3, -0.25) is 4.79 Å². The largest absolute Gasteiger partial charge is 0.481 e. The molecule has 0 saturated carbocycles. The van der Waals surface area contributed by atoms with Crippen molar-refractivity contribution >= 4 is 14.7 Å². The Labute approximate surface area is 86.6 Å². The van der Waals surface area contributed by atoms with E-state index in [0.29, 0.717) is 0 Å². The average Bonchev–Trinajstić information content (AvgIpc) is 2.05. The second-order valence-electron chi connectivity index (χ2n) is 2.93. The predicted octanol–water partition coefficient (Wildman–Crippen LogP) is 1.68. The summed E-state index contributed by atoms with van der Waals surface area (Å²) in [5.41, 5.74) is 0. The van der Waals surface area contributed by atoms with Crippen LogP contribution < -0.4 is 0 Å². The second-order valence-corrected chi connectivity index (χ2v) is 5.01. The van der Waals surface area contributed by atoms with Gasteiger partial charge in [-0.15, -0.1) is 0 Å². The van der Waals surface area contributed by atoms with Crippen molar-refractivity contribution in [3.63, 3.8) is 0 Å². The molecule has 1 fully saturated rings. The van der Waals surface area contributed by atoms with Gasteiger partial charge in [0.2, 0.25) is 0 Å². The smallest absolute Gasteiger partial charge is 0.300 e. The van der Waals surface area contributed by atoms with Crippen LogP contribution in [0.5, 0.6) is 0 Å². The number of aliphatic hydroxyl groups is 1. The summed E-state index contributed by atoms with van der Waals surface area (Å²) in [5.74, 6) is -0.833. The van der Waals surface area contributed by atoms with E-state index in [1.54, 1.807) is 6.92 Å². The maximum atomic E-state index is 10.6. The minimum atomic E-state index is -1.04. The molecule has 1 saturated heterocycles. The van der Waals surface area contributed by atoms with E-state index in [0.717, 1.165) is 19.0 Å². The fourth-order valence-electron chi connectivity index (χ4n) is 0.946. The summed E-state index contributed by atoms with van der Waals surface area (Å²) >= 11 is 0. The molecule has 14 heavy (non-hydrogen) atoms. The van der Waals surface area contributed by atoms with E-state index in [1.807, 2.05) is 0 Å². The van der Waals surface area contributed by atoms with E-state index in [2.05, 4.69) is 0 Å². The van der Waals surface area contributed by atoms with Gasteiger partial charge in [-0.1, -0.05) is 6.42 Å². The van der Waals surface area contributed by atoms with Crippen molar-refractivity contribution in [1.29, 1.82) is 0 Å². The van der Waals surface area contributed by atoms with Crippen LogP contribution in [-0.4, -0.2) is 31.5 Å². The normalized spacial score (nSPS) is 14.4. The van der Waals surface area contributed by atoms with Gasteiger partial charge in [0.25, 0.3) is 14.7 Å². The Hall–Kier alpha value is -0.553. The molecule has 1 aliphatic heterocycles. The molecular formula is C9H20O4Si. The van der Waals surface area contributed by atoms with Crippen LogP contribution >= 0.6 is 0 Å². The highest BCUT2D eigenvalue weighted by Crippen LogP contribution is 2.13. The van der Waals surface area contributed by atoms with Gasteiger partial charge in [-0.2, -0.15) is 0 Å². The molecule has 0 bridgehead atoms. The molecule has 5 heteroatoms. The van der Waals surface area contributed by atoms with E-state index in [4.69, 9.17) is 15.0 Å². The van der Waals surface area contributed by atoms with E-state index in [-0.39, 0.29) is 6.61 Å². The molecule has 1 aliphatic rings. The van der Waals surface area contributed by atoms with E-state index in [1.165, 1.54) is 19.3 Å². The fraction of sp³-hybridized carbons (Fsp3) is 0.889. The molecule has 1 heterocycles. The third kappa shape index (κ3) is 22.5. The van der Waals surface area contributed by atoms with Gasteiger partial charge in [-0.25, -0.2) is 0 Å². The molecule has 84 valence electrons. The highest BCUT2D eigenvalue weighted by atomic mass is 28.3. The van der Waals surface area contributed by atoms with Gasteiger partial charge in [0.15, 0.2) is 0 Å². The maximum Gasteiger partial charge on any atom is 0.300 e. The summed E-state index contributed by atoms with van der Waals surface area (Å²) in [6.45, 7) is 3.01. The van der Waals surface area contributed by atoms with Crippen molar-refractivity contribution < 1.29 is 19.5 Å². The first-order chi connectivity index (χ1) is 6.54. The minimum Gasteiger partial charge on any atom is -0.481 e. The molecule has 0 aromatic carbocycles. The summed E-state index contributed by atoms with van der Waals surface area (Å²) in [5, 5.41) is 15.0. The van der Waals surface area contributed by atoms with E-state index < -0.39 is 14.7 Å². The number of aliphatic carboxylic acids is 1. The lowest BCUT2D eigenvalue weighted by Crippen LogP contribution is -2.03. The molecule has 0 aromatic heterocycles. The third-order valence-corrected chi connectivity index (χ3v) is 3.23. The van der Waals surface area contributed by atoms with Crippen molar-refractivity contribution in [2.75, 3.05) is 6.61 Å². The molecule has 0 atom stereocenters. The van der Waals surface area contributed by atoms with Crippen LogP contribution in [0.15, 0.2) is 0 Å². The Morgan fingerprint density at radius 3 is 1.71 bits per heavy atom. The number of hydrogen-bond acceptors (Lipinski definition) is 3. The molecule has 0 spiro atoms. The van der Waals surface area contributed by atoms with Crippen molar-refractivity contribution in [3.05, 3.63) is 0 Å². The van der Waals surface area contributed by atoms with Gasteiger partial charge >= 0.3 is 0 Å². The molecule has 0 amide bonds. The molecule has 0 radical (unpaired) electrons. The first-order valence-electron chi connectivity index (χ1n) is 4.86. The summed E-state index contributed by atoms with van der Waals surface area (Å²) in [7, 11) is -1.04. The van der Waals surface area contributed by atoms with Crippen LogP contribution in [0.4, 0.5) is 0 Å². The number of carboxylic acid groups (broad SMARTS) is 1. The van der Waals surface area contributed by atoms with Gasteiger partial charge in [0, 0.05) is 13.5 Å². The van der Waals surface area contributed by atoms with E-state index in [9.17, 15) is 4.46 Å². The molecule has 2 N–H and O–H groups in total. The predicted molar refractivity (Wildman–Crippen MR) is 56.0 cm³/mol. The Morgan fingerprint density at radius 1 is 1.29 bits per heavy atom. The molecule has 1 rings (SSSR count). The van der Waals surface area contributed by atoms with Crippen LogP contribution in [0.3, 0.4) is 0 Å². The zero-order valence-corrected chi connectivity index (χ0v) is 9.95. The van der Waals surface area contributed by atoms with Crippen LogP contribution in [0.1, 0.15) is 33.1 Å². The summed E-state index contributed by atoms with van der Waals surface area (Å²) in [4.78, 5) is 9.00. The lowest BCUT2D eigenvalue weighted by molar-refractivity contribution is -0.134. The topological polar surface area (TPSA) is 74.6 Å². The van der Waals surface area contributed by atoms with Crippen LogP contribution in [0.2, 0.25) is 12.1 Å². The SMILES string of the molecule is CC(=O)O.CCO.O=[Si]1CCCCC1. The van der Waals surface area contributed by atoms with Gasteiger partial charge < -0.3 is 14.7 Å². The van der Waals surface area contributed by atoms with Crippen molar-refractivity contribution in [2.45, 2.75) is 45.2 Å². The Bertz CT molecular complexity index is 147. The number of aliphatic hydroxyl groups excluding tert-OH is 1. The minimum absolute atomic E-state index is 0.250. The van der Waals surface area contributed by atoms with E-state index >= 15 is 0 Å². The van der Waals surface area contributed by atoms with Gasteiger partial charge in [0.1, 0.15) is 0 Å². The Balaban J connectivity index is 0. The number of rotatable bonds is 0. The lowest BCUT2D eigenvalue weighted by Gasteiger charge is -2.03. The van der Waals surface area contributed by atoms with Crippen LogP contribution in [0, 0.1) is 0 Å². The van der Waals surface area contributed by atoms with Gasteiger partial charge in [-0.05, 0) is 31.9 Å². The second kappa shape index (κ2) is 12.4. The average molecular weight is 220 g/mol. The number of carboxylic acids is 1. The third-order valence-electron chi connectivity index (χ3n) is 1.41. The number of carbonyl (C=O) groups is 1. The number of hydrogen-bond donors (Lipinski definition) is 2. The van der Waals surface area contributed by atoms with Crippen molar-refractivity contribution in [1.82, 2.24) is 0 Å². The maximum absolute atomic E-state index is 10.6. The summed E-state index contributed by atoms with van der Waals surface area (Å²) < 4.78 is 10.6. The Kier molecular flexibility index (Phi) is 14.1. The van der Waals surface area contributed by atoms with Crippen LogP contribution in [-0.2, 0) is 9.26 Å². The molecule has 0 aromatic rings. The monoisotopic (exact) mass is 220 g/mol. The fourth-order valence-corrected chi connectivity index (χ4v) is 2.48. The highest BCUT2D eigenvalue weighted by Gasteiger charge is 2.08.